The van der Waals surface area contributed by atoms with Crippen molar-refractivity contribution in [2.75, 3.05) is 5.73 Å². The van der Waals surface area contributed by atoms with Crippen molar-refractivity contribution >= 4 is 22.2 Å². The summed E-state index contributed by atoms with van der Waals surface area (Å²) in [6.07, 6.45) is 6.90. The second-order valence-corrected chi connectivity index (χ2v) is 5.84. The van der Waals surface area contributed by atoms with Crippen LogP contribution < -0.4 is 5.73 Å². The SMILES string of the molecule is Nc1cc2ccccc2cc1C(=O)C1CCCCCC1. The molecule has 1 saturated carbocycles. The summed E-state index contributed by atoms with van der Waals surface area (Å²) in [6.45, 7) is 0. The predicted molar refractivity (Wildman–Crippen MR) is 83.9 cm³/mol. The van der Waals surface area contributed by atoms with Crippen molar-refractivity contribution in [2.45, 2.75) is 38.5 Å². The molecule has 1 fully saturated rings. The smallest absolute Gasteiger partial charge is 0.168 e. The lowest BCUT2D eigenvalue weighted by Crippen LogP contribution is -2.15. The third-order valence-electron chi connectivity index (χ3n) is 4.41. The van der Waals surface area contributed by atoms with Gasteiger partial charge >= 0.3 is 0 Å². The van der Waals surface area contributed by atoms with E-state index in [0.29, 0.717) is 5.69 Å². The molecule has 0 spiro atoms. The number of nitrogen functional groups attached to an aromatic ring is 1. The van der Waals surface area contributed by atoms with E-state index in [1.54, 1.807) is 0 Å². The summed E-state index contributed by atoms with van der Waals surface area (Å²) < 4.78 is 0. The highest BCUT2D eigenvalue weighted by molar-refractivity contribution is 6.06. The van der Waals surface area contributed by atoms with Gasteiger partial charge in [0.2, 0.25) is 0 Å². The van der Waals surface area contributed by atoms with Crippen LogP contribution in [-0.4, -0.2) is 5.78 Å². The molecule has 2 N–H and O–H groups in total. The molecule has 104 valence electrons. The van der Waals surface area contributed by atoms with E-state index in [1.807, 2.05) is 36.4 Å². The topological polar surface area (TPSA) is 43.1 Å². The van der Waals surface area contributed by atoms with Crippen molar-refractivity contribution in [2.24, 2.45) is 5.92 Å². The number of fused-ring (bicyclic) bond motifs is 1. The highest BCUT2D eigenvalue weighted by Gasteiger charge is 2.23. The normalized spacial score (nSPS) is 17.0. The van der Waals surface area contributed by atoms with E-state index in [9.17, 15) is 4.79 Å². The van der Waals surface area contributed by atoms with E-state index in [0.717, 1.165) is 29.2 Å². The standard InChI is InChI=1S/C18H21NO/c19-17-12-15-10-6-5-9-14(15)11-16(17)18(20)13-7-3-1-2-4-8-13/h5-6,9-13H,1-4,7-8,19H2. The highest BCUT2D eigenvalue weighted by atomic mass is 16.1. The molecule has 0 aromatic heterocycles. The third-order valence-corrected chi connectivity index (χ3v) is 4.41. The Bertz CT molecular complexity index is 624. The average Bonchev–Trinajstić information content (AvgIpc) is 2.75. The number of carbonyl (C=O) groups excluding carboxylic acids is 1. The first-order valence-electron chi connectivity index (χ1n) is 7.58. The Balaban J connectivity index is 1.95. The Morgan fingerprint density at radius 1 is 0.950 bits per heavy atom. The molecule has 2 aromatic rings. The number of rotatable bonds is 2. The van der Waals surface area contributed by atoms with Crippen molar-refractivity contribution < 1.29 is 4.79 Å². The fourth-order valence-corrected chi connectivity index (χ4v) is 3.23. The number of anilines is 1. The Hall–Kier alpha value is -1.83. The van der Waals surface area contributed by atoms with Gasteiger partial charge in [0.05, 0.1) is 0 Å². The lowest BCUT2D eigenvalue weighted by Gasteiger charge is -2.15. The van der Waals surface area contributed by atoms with Crippen molar-refractivity contribution in [1.82, 2.24) is 0 Å². The van der Waals surface area contributed by atoms with Gasteiger partial charge in [-0.05, 0) is 35.7 Å². The van der Waals surface area contributed by atoms with Gasteiger partial charge in [-0.25, -0.2) is 0 Å². The zero-order valence-electron chi connectivity index (χ0n) is 11.8. The predicted octanol–water partition coefficient (Wildman–Crippen LogP) is 4.58. The monoisotopic (exact) mass is 267 g/mol. The first-order valence-corrected chi connectivity index (χ1v) is 7.58. The van der Waals surface area contributed by atoms with E-state index in [4.69, 9.17) is 5.73 Å². The van der Waals surface area contributed by atoms with Crippen LogP contribution in [0.3, 0.4) is 0 Å². The second-order valence-electron chi connectivity index (χ2n) is 5.84. The molecule has 0 bridgehead atoms. The summed E-state index contributed by atoms with van der Waals surface area (Å²) in [7, 11) is 0. The molecule has 0 heterocycles. The lowest BCUT2D eigenvalue weighted by atomic mass is 9.89. The summed E-state index contributed by atoms with van der Waals surface area (Å²) in [6, 6.07) is 12.0. The maximum atomic E-state index is 12.7. The molecule has 2 heteroatoms. The molecule has 20 heavy (non-hydrogen) atoms. The van der Waals surface area contributed by atoms with E-state index in [-0.39, 0.29) is 11.7 Å². The first-order chi connectivity index (χ1) is 9.75. The second kappa shape index (κ2) is 5.66. The molecule has 1 aliphatic rings. The summed E-state index contributed by atoms with van der Waals surface area (Å²) in [5, 5.41) is 2.20. The van der Waals surface area contributed by atoms with Crippen LogP contribution in [0.15, 0.2) is 36.4 Å². The third kappa shape index (κ3) is 2.55. The zero-order chi connectivity index (χ0) is 13.9. The van der Waals surface area contributed by atoms with Gasteiger partial charge in [0.25, 0.3) is 0 Å². The number of Topliss-reactive ketones (excluding diaryl/α,β-unsaturated/α-hetero) is 1. The summed E-state index contributed by atoms with van der Waals surface area (Å²) in [5.41, 5.74) is 7.45. The maximum absolute atomic E-state index is 12.7. The quantitative estimate of drug-likeness (QED) is 0.492. The molecule has 0 saturated heterocycles. The van der Waals surface area contributed by atoms with Crippen LogP contribution in [-0.2, 0) is 0 Å². The van der Waals surface area contributed by atoms with Gasteiger partial charge < -0.3 is 5.73 Å². The zero-order valence-corrected chi connectivity index (χ0v) is 11.8. The van der Waals surface area contributed by atoms with Gasteiger partial charge in [-0.2, -0.15) is 0 Å². The van der Waals surface area contributed by atoms with Gasteiger partial charge in [-0.15, -0.1) is 0 Å². The summed E-state index contributed by atoms with van der Waals surface area (Å²) in [5.74, 6) is 0.413. The van der Waals surface area contributed by atoms with Crippen LogP contribution in [0.1, 0.15) is 48.9 Å². The average molecular weight is 267 g/mol. The molecular formula is C18H21NO. The number of carbonyl (C=O) groups is 1. The van der Waals surface area contributed by atoms with E-state index < -0.39 is 0 Å². The molecule has 0 radical (unpaired) electrons. The van der Waals surface area contributed by atoms with E-state index in [1.165, 1.54) is 25.7 Å². The minimum Gasteiger partial charge on any atom is -0.398 e. The number of ketones is 1. The molecule has 3 rings (SSSR count). The minimum absolute atomic E-state index is 0.168. The van der Waals surface area contributed by atoms with Gasteiger partial charge in [0.15, 0.2) is 5.78 Å². The van der Waals surface area contributed by atoms with E-state index in [2.05, 4.69) is 0 Å². The molecule has 2 nitrogen and oxygen atoms in total. The fraction of sp³-hybridized carbons (Fsp3) is 0.389. The molecule has 0 amide bonds. The van der Waals surface area contributed by atoms with Gasteiger partial charge in [-0.1, -0.05) is 49.9 Å². The van der Waals surface area contributed by atoms with Crippen LogP contribution in [0, 0.1) is 5.92 Å². The number of benzene rings is 2. The molecular weight excluding hydrogens is 246 g/mol. The van der Waals surface area contributed by atoms with Crippen molar-refractivity contribution in [3.05, 3.63) is 42.0 Å². The molecule has 0 unspecified atom stereocenters. The highest BCUT2D eigenvalue weighted by Crippen LogP contribution is 2.30. The Morgan fingerprint density at radius 2 is 1.55 bits per heavy atom. The van der Waals surface area contributed by atoms with Crippen LogP contribution in [0.5, 0.6) is 0 Å². The van der Waals surface area contributed by atoms with Crippen molar-refractivity contribution in [3.8, 4) is 0 Å². The van der Waals surface area contributed by atoms with Gasteiger partial charge in [0.1, 0.15) is 0 Å². The van der Waals surface area contributed by atoms with Crippen LogP contribution in [0.2, 0.25) is 0 Å². The molecule has 0 atom stereocenters. The van der Waals surface area contributed by atoms with Crippen molar-refractivity contribution in [3.63, 3.8) is 0 Å². The number of nitrogens with two attached hydrogens (primary N) is 1. The minimum atomic E-state index is 0.168. The molecule has 0 aliphatic heterocycles. The largest absolute Gasteiger partial charge is 0.398 e. The summed E-state index contributed by atoms with van der Waals surface area (Å²) in [4.78, 5) is 12.7. The molecule has 2 aromatic carbocycles. The number of hydrogen-bond acceptors (Lipinski definition) is 2. The summed E-state index contributed by atoms with van der Waals surface area (Å²) >= 11 is 0. The van der Waals surface area contributed by atoms with Crippen LogP contribution >= 0.6 is 0 Å². The number of hydrogen-bond donors (Lipinski definition) is 1. The first kappa shape index (κ1) is 13.2. The van der Waals surface area contributed by atoms with Crippen molar-refractivity contribution in [1.29, 1.82) is 0 Å². The Kier molecular flexibility index (Phi) is 3.72. The molecule has 1 aliphatic carbocycles. The Labute approximate surface area is 120 Å². The van der Waals surface area contributed by atoms with Gasteiger partial charge in [0, 0.05) is 17.2 Å². The van der Waals surface area contributed by atoms with E-state index >= 15 is 0 Å². The van der Waals surface area contributed by atoms with Gasteiger partial charge in [-0.3, -0.25) is 4.79 Å². The fourth-order valence-electron chi connectivity index (χ4n) is 3.23. The Morgan fingerprint density at radius 3 is 2.20 bits per heavy atom. The maximum Gasteiger partial charge on any atom is 0.168 e. The van der Waals surface area contributed by atoms with Crippen LogP contribution in [0.25, 0.3) is 10.8 Å². The lowest BCUT2D eigenvalue weighted by molar-refractivity contribution is 0.0909. The van der Waals surface area contributed by atoms with Crippen LogP contribution in [0.4, 0.5) is 5.69 Å².